The van der Waals surface area contributed by atoms with Gasteiger partial charge in [-0.2, -0.15) is 0 Å². The molecule has 2 N–H and O–H groups in total. The van der Waals surface area contributed by atoms with E-state index in [-0.39, 0.29) is 12.1 Å². The van der Waals surface area contributed by atoms with Gasteiger partial charge in [-0.25, -0.2) is 0 Å². The van der Waals surface area contributed by atoms with Crippen molar-refractivity contribution < 1.29 is 4.74 Å². The Kier molecular flexibility index (Phi) is 4.61. The molecule has 2 unspecified atom stereocenters. The van der Waals surface area contributed by atoms with Crippen LogP contribution in [0, 0.1) is 13.8 Å². The number of nitrogens with two attached hydrogens (primary N) is 1. The van der Waals surface area contributed by atoms with Gasteiger partial charge in [0.2, 0.25) is 0 Å². The average Bonchev–Trinajstić information content (AvgIpc) is 2.93. The van der Waals surface area contributed by atoms with E-state index in [1.807, 2.05) is 12.1 Å². The van der Waals surface area contributed by atoms with E-state index in [4.69, 9.17) is 10.5 Å². The molecule has 2 aromatic rings. The van der Waals surface area contributed by atoms with Gasteiger partial charge in [-0.3, -0.25) is 0 Å². The molecule has 0 spiro atoms. The van der Waals surface area contributed by atoms with Gasteiger partial charge in [0.25, 0.3) is 0 Å². The van der Waals surface area contributed by atoms with Crippen molar-refractivity contribution in [2.24, 2.45) is 5.73 Å². The highest BCUT2D eigenvalue weighted by atomic mass is 32.1. The molecule has 102 valence electrons. The van der Waals surface area contributed by atoms with Gasteiger partial charge in [-0.1, -0.05) is 19.1 Å². The first-order valence-corrected chi connectivity index (χ1v) is 7.52. The lowest BCUT2D eigenvalue weighted by atomic mass is 10.1. The summed E-state index contributed by atoms with van der Waals surface area (Å²) < 4.78 is 6.13. The normalized spacial score (nSPS) is 14.1. The van der Waals surface area contributed by atoms with Crippen molar-refractivity contribution in [2.45, 2.75) is 39.3 Å². The Balaban J connectivity index is 2.23. The third kappa shape index (κ3) is 3.37. The summed E-state index contributed by atoms with van der Waals surface area (Å²) in [5.41, 5.74) is 8.73. The summed E-state index contributed by atoms with van der Waals surface area (Å²) in [4.78, 5) is 1.19. The molecule has 0 saturated heterocycles. The van der Waals surface area contributed by atoms with Crippen LogP contribution >= 0.6 is 11.3 Å². The highest BCUT2D eigenvalue weighted by Gasteiger charge is 2.21. The molecule has 2 atom stereocenters. The maximum absolute atomic E-state index is 6.21. The predicted molar refractivity (Wildman–Crippen MR) is 81.9 cm³/mol. The molecule has 0 radical (unpaired) electrons. The first-order chi connectivity index (χ1) is 9.11. The van der Waals surface area contributed by atoms with Crippen LogP contribution in [-0.4, -0.2) is 6.04 Å². The Hall–Kier alpha value is -1.32. The fourth-order valence-corrected chi connectivity index (χ4v) is 2.79. The van der Waals surface area contributed by atoms with Gasteiger partial charge in [-0.15, -0.1) is 11.3 Å². The third-order valence-corrected chi connectivity index (χ3v) is 4.36. The summed E-state index contributed by atoms with van der Waals surface area (Å²) in [6.07, 6.45) is 0.833. The van der Waals surface area contributed by atoms with Crippen LogP contribution in [0.15, 0.2) is 35.7 Å². The molecular weight excluding hydrogens is 254 g/mol. The number of thiophene rings is 1. The Morgan fingerprint density at radius 1 is 1.21 bits per heavy atom. The van der Waals surface area contributed by atoms with E-state index in [0.717, 1.165) is 12.2 Å². The Morgan fingerprint density at radius 3 is 2.58 bits per heavy atom. The predicted octanol–water partition coefficient (Wildman–Crippen LogP) is 4.22. The molecular formula is C16H21NOS. The number of hydrogen-bond acceptors (Lipinski definition) is 3. The minimum absolute atomic E-state index is 0.0141. The quantitative estimate of drug-likeness (QED) is 0.886. The summed E-state index contributed by atoms with van der Waals surface area (Å²) in [5, 5.41) is 2.06. The first kappa shape index (κ1) is 14.1. The summed E-state index contributed by atoms with van der Waals surface area (Å²) >= 11 is 1.70. The Morgan fingerprint density at radius 2 is 2.00 bits per heavy atom. The van der Waals surface area contributed by atoms with Gasteiger partial charge in [0.15, 0.2) is 0 Å². The van der Waals surface area contributed by atoms with Crippen LogP contribution in [0.2, 0.25) is 0 Å². The molecule has 0 fully saturated rings. The van der Waals surface area contributed by atoms with Gasteiger partial charge >= 0.3 is 0 Å². The van der Waals surface area contributed by atoms with Crippen molar-refractivity contribution in [1.82, 2.24) is 0 Å². The summed E-state index contributed by atoms with van der Waals surface area (Å²) in [5.74, 6) is 0.894. The molecule has 0 bridgehead atoms. The SMILES string of the molecule is CCC(N)C(Oc1ccc(C)c(C)c1)c1cccs1. The standard InChI is InChI=1S/C16H21NOS/c1-4-14(17)16(15-6-5-9-19-15)18-13-8-7-11(2)12(3)10-13/h5-10,14,16H,4,17H2,1-3H3. The van der Waals surface area contributed by atoms with Crippen molar-refractivity contribution in [3.63, 3.8) is 0 Å². The van der Waals surface area contributed by atoms with Crippen LogP contribution in [0.4, 0.5) is 0 Å². The molecule has 1 aromatic carbocycles. The van der Waals surface area contributed by atoms with Crippen LogP contribution in [0.1, 0.15) is 35.5 Å². The number of benzene rings is 1. The third-order valence-electron chi connectivity index (χ3n) is 3.43. The van der Waals surface area contributed by atoms with Crippen LogP contribution in [0.3, 0.4) is 0 Å². The van der Waals surface area contributed by atoms with Crippen molar-refractivity contribution in [2.75, 3.05) is 0 Å². The van der Waals surface area contributed by atoms with Crippen molar-refractivity contribution in [3.05, 3.63) is 51.7 Å². The fraction of sp³-hybridized carbons (Fsp3) is 0.375. The smallest absolute Gasteiger partial charge is 0.148 e. The van der Waals surface area contributed by atoms with Crippen LogP contribution < -0.4 is 10.5 Å². The minimum atomic E-state index is -0.0629. The zero-order chi connectivity index (χ0) is 13.8. The lowest BCUT2D eigenvalue weighted by Gasteiger charge is -2.23. The van der Waals surface area contributed by atoms with Crippen molar-refractivity contribution in [1.29, 1.82) is 0 Å². The second-order valence-electron chi connectivity index (χ2n) is 4.87. The van der Waals surface area contributed by atoms with Gasteiger partial charge < -0.3 is 10.5 Å². The monoisotopic (exact) mass is 275 g/mol. The first-order valence-electron chi connectivity index (χ1n) is 6.64. The molecule has 19 heavy (non-hydrogen) atoms. The maximum atomic E-state index is 6.21. The zero-order valence-corrected chi connectivity index (χ0v) is 12.5. The number of ether oxygens (including phenoxy) is 1. The molecule has 3 heteroatoms. The fourth-order valence-electron chi connectivity index (χ4n) is 1.96. The van der Waals surface area contributed by atoms with Gasteiger partial charge in [0, 0.05) is 10.9 Å². The van der Waals surface area contributed by atoms with E-state index < -0.39 is 0 Å². The van der Waals surface area contributed by atoms with E-state index in [2.05, 4.69) is 44.4 Å². The molecule has 1 aromatic heterocycles. The topological polar surface area (TPSA) is 35.2 Å². The van der Waals surface area contributed by atoms with E-state index in [1.54, 1.807) is 11.3 Å². The van der Waals surface area contributed by atoms with Crippen molar-refractivity contribution in [3.8, 4) is 5.75 Å². The Bertz CT molecular complexity index is 522. The van der Waals surface area contributed by atoms with Crippen LogP contribution in [0.5, 0.6) is 5.75 Å². The molecule has 2 nitrogen and oxygen atoms in total. The maximum Gasteiger partial charge on any atom is 0.148 e. The molecule has 0 amide bonds. The molecule has 0 aliphatic rings. The Labute approximate surface area is 119 Å². The second-order valence-corrected chi connectivity index (χ2v) is 5.85. The summed E-state index contributed by atoms with van der Waals surface area (Å²) in [7, 11) is 0. The number of aryl methyl sites for hydroxylation is 2. The van der Waals surface area contributed by atoms with Gasteiger partial charge in [0.1, 0.15) is 11.9 Å². The van der Waals surface area contributed by atoms with Gasteiger partial charge in [-0.05, 0) is 55.0 Å². The minimum Gasteiger partial charge on any atom is -0.483 e. The van der Waals surface area contributed by atoms with Crippen molar-refractivity contribution >= 4 is 11.3 Å². The van der Waals surface area contributed by atoms with E-state index in [9.17, 15) is 0 Å². The van der Waals surface area contributed by atoms with E-state index in [1.165, 1.54) is 16.0 Å². The lowest BCUT2D eigenvalue weighted by molar-refractivity contribution is 0.174. The zero-order valence-electron chi connectivity index (χ0n) is 11.7. The van der Waals surface area contributed by atoms with Crippen LogP contribution in [-0.2, 0) is 0 Å². The van der Waals surface area contributed by atoms with E-state index >= 15 is 0 Å². The molecule has 0 saturated carbocycles. The number of hydrogen-bond donors (Lipinski definition) is 1. The lowest BCUT2D eigenvalue weighted by Crippen LogP contribution is -2.30. The van der Waals surface area contributed by atoms with Crippen LogP contribution in [0.25, 0.3) is 0 Å². The second kappa shape index (κ2) is 6.22. The highest BCUT2D eigenvalue weighted by Crippen LogP contribution is 2.29. The molecule has 0 aliphatic heterocycles. The largest absolute Gasteiger partial charge is 0.483 e. The molecule has 0 aliphatic carbocycles. The number of rotatable bonds is 5. The highest BCUT2D eigenvalue weighted by molar-refractivity contribution is 7.10. The molecule has 1 heterocycles. The van der Waals surface area contributed by atoms with Gasteiger partial charge in [0.05, 0.1) is 0 Å². The molecule has 2 rings (SSSR count). The summed E-state index contributed by atoms with van der Waals surface area (Å²) in [6, 6.07) is 10.3. The summed E-state index contributed by atoms with van der Waals surface area (Å²) in [6.45, 7) is 6.30. The average molecular weight is 275 g/mol. The van der Waals surface area contributed by atoms with E-state index in [0.29, 0.717) is 0 Å².